The molecule has 0 bridgehead atoms. The number of nitrogens with one attached hydrogen (secondary N) is 1. The van der Waals surface area contributed by atoms with Crippen LogP contribution in [-0.4, -0.2) is 16.1 Å². The Morgan fingerprint density at radius 1 is 1.11 bits per heavy atom. The summed E-state index contributed by atoms with van der Waals surface area (Å²) >= 11 is 0. The molecule has 98 valence electrons. The zero-order chi connectivity index (χ0) is 12.8. The fourth-order valence-corrected chi connectivity index (χ4v) is 2.19. The number of hydrogen-bond donors (Lipinski definition) is 1. The fraction of sp³-hybridized carbons (Fsp3) is 0.533. The Morgan fingerprint density at radius 2 is 1.94 bits per heavy atom. The van der Waals surface area contributed by atoms with Gasteiger partial charge in [-0.25, -0.2) is 4.98 Å². The third-order valence-corrected chi connectivity index (χ3v) is 3.17. The molecule has 1 N–H and O–H groups in total. The van der Waals surface area contributed by atoms with Crippen LogP contribution in [0.1, 0.15) is 39.5 Å². The Labute approximate surface area is 109 Å². The van der Waals surface area contributed by atoms with Crippen LogP contribution >= 0.6 is 0 Å². The van der Waals surface area contributed by atoms with Crippen molar-refractivity contribution in [1.29, 1.82) is 0 Å². The SMILES string of the molecule is CCCCCn1c(NCCC)nc2ccccc21. The van der Waals surface area contributed by atoms with Crippen molar-refractivity contribution in [2.45, 2.75) is 46.1 Å². The van der Waals surface area contributed by atoms with Crippen LogP contribution < -0.4 is 5.32 Å². The van der Waals surface area contributed by atoms with Gasteiger partial charge in [0.25, 0.3) is 0 Å². The summed E-state index contributed by atoms with van der Waals surface area (Å²) in [7, 11) is 0. The Bertz CT molecular complexity index is 487. The van der Waals surface area contributed by atoms with Crippen LogP contribution in [0.25, 0.3) is 11.0 Å². The summed E-state index contributed by atoms with van der Waals surface area (Å²) in [6.07, 6.45) is 4.87. The van der Waals surface area contributed by atoms with E-state index in [9.17, 15) is 0 Å². The summed E-state index contributed by atoms with van der Waals surface area (Å²) in [5.41, 5.74) is 2.33. The third-order valence-electron chi connectivity index (χ3n) is 3.17. The first-order valence-electron chi connectivity index (χ1n) is 7.06. The van der Waals surface area contributed by atoms with E-state index in [2.05, 4.69) is 53.0 Å². The number of nitrogens with zero attached hydrogens (tertiary/aromatic N) is 2. The van der Waals surface area contributed by atoms with Crippen LogP contribution in [0.5, 0.6) is 0 Å². The maximum Gasteiger partial charge on any atom is 0.203 e. The second-order valence-electron chi connectivity index (χ2n) is 4.71. The van der Waals surface area contributed by atoms with E-state index in [0.717, 1.165) is 31.0 Å². The van der Waals surface area contributed by atoms with Gasteiger partial charge in [0.1, 0.15) is 0 Å². The topological polar surface area (TPSA) is 29.9 Å². The van der Waals surface area contributed by atoms with E-state index in [1.165, 1.54) is 24.8 Å². The zero-order valence-electron chi connectivity index (χ0n) is 11.4. The largest absolute Gasteiger partial charge is 0.356 e. The van der Waals surface area contributed by atoms with Gasteiger partial charge in [0.05, 0.1) is 11.0 Å². The lowest BCUT2D eigenvalue weighted by Crippen LogP contribution is -2.08. The summed E-state index contributed by atoms with van der Waals surface area (Å²) in [5.74, 6) is 1.02. The van der Waals surface area contributed by atoms with E-state index in [-0.39, 0.29) is 0 Å². The lowest BCUT2D eigenvalue weighted by atomic mass is 10.2. The molecule has 3 heteroatoms. The Morgan fingerprint density at radius 3 is 2.72 bits per heavy atom. The van der Waals surface area contributed by atoms with E-state index in [0.29, 0.717) is 0 Å². The summed E-state index contributed by atoms with van der Waals surface area (Å²) in [6.45, 7) is 6.46. The number of imidazole rings is 1. The molecular formula is C15H23N3. The highest BCUT2D eigenvalue weighted by Crippen LogP contribution is 2.20. The van der Waals surface area contributed by atoms with Crippen molar-refractivity contribution in [3.63, 3.8) is 0 Å². The third kappa shape index (κ3) is 2.84. The number of unbranched alkanes of at least 4 members (excludes halogenated alkanes) is 2. The van der Waals surface area contributed by atoms with Crippen molar-refractivity contribution >= 4 is 17.0 Å². The molecule has 0 amide bonds. The van der Waals surface area contributed by atoms with Crippen LogP contribution in [0.15, 0.2) is 24.3 Å². The quantitative estimate of drug-likeness (QED) is 0.746. The molecule has 2 rings (SSSR count). The average Bonchev–Trinajstić information content (AvgIpc) is 2.75. The van der Waals surface area contributed by atoms with Crippen LogP contribution in [0.4, 0.5) is 5.95 Å². The fourth-order valence-electron chi connectivity index (χ4n) is 2.19. The number of benzene rings is 1. The van der Waals surface area contributed by atoms with Crippen molar-refractivity contribution in [3.8, 4) is 0 Å². The molecule has 1 aromatic carbocycles. The number of hydrogen-bond acceptors (Lipinski definition) is 2. The predicted octanol–water partition coefficient (Wildman–Crippen LogP) is 4.05. The summed E-state index contributed by atoms with van der Waals surface area (Å²) < 4.78 is 2.32. The molecular weight excluding hydrogens is 222 g/mol. The smallest absolute Gasteiger partial charge is 0.203 e. The number of para-hydroxylation sites is 2. The van der Waals surface area contributed by atoms with Gasteiger partial charge in [0, 0.05) is 13.1 Å². The van der Waals surface area contributed by atoms with E-state index in [1.807, 2.05) is 0 Å². The van der Waals surface area contributed by atoms with Gasteiger partial charge >= 0.3 is 0 Å². The predicted molar refractivity (Wildman–Crippen MR) is 78.0 cm³/mol. The molecule has 3 nitrogen and oxygen atoms in total. The molecule has 0 saturated heterocycles. The first-order chi connectivity index (χ1) is 8.86. The summed E-state index contributed by atoms with van der Waals surface area (Å²) in [4.78, 5) is 4.68. The van der Waals surface area contributed by atoms with Gasteiger partial charge < -0.3 is 9.88 Å². The number of anilines is 1. The van der Waals surface area contributed by atoms with Crippen molar-refractivity contribution < 1.29 is 0 Å². The van der Waals surface area contributed by atoms with Crippen LogP contribution in [-0.2, 0) is 6.54 Å². The second kappa shape index (κ2) is 6.43. The molecule has 0 aliphatic carbocycles. The monoisotopic (exact) mass is 245 g/mol. The number of aromatic nitrogens is 2. The lowest BCUT2D eigenvalue weighted by molar-refractivity contribution is 0.616. The molecule has 0 aliphatic rings. The van der Waals surface area contributed by atoms with Gasteiger partial charge in [-0.15, -0.1) is 0 Å². The van der Waals surface area contributed by atoms with Gasteiger partial charge in [0.15, 0.2) is 0 Å². The molecule has 0 saturated carbocycles. The molecule has 2 aromatic rings. The van der Waals surface area contributed by atoms with E-state index in [4.69, 9.17) is 0 Å². The Balaban J connectivity index is 2.25. The molecule has 1 heterocycles. The molecule has 1 aromatic heterocycles. The summed E-state index contributed by atoms with van der Waals surface area (Å²) in [6, 6.07) is 8.38. The minimum absolute atomic E-state index is 0.983. The van der Waals surface area contributed by atoms with Crippen molar-refractivity contribution in [2.24, 2.45) is 0 Å². The molecule has 0 atom stereocenters. The second-order valence-corrected chi connectivity index (χ2v) is 4.71. The van der Waals surface area contributed by atoms with Crippen molar-refractivity contribution in [2.75, 3.05) is 11.9 Å². The standard InChI is InChI=1S/C15H23N3/c1-3-5-8-12-18-14-10-7-6-9-13(14)17-15(18)16-11-4-2/h6-7,9-10H,3-5,8,11-12H2,1-2H3,(H,16,17). The highest BCUT2D eigenvalue weighted by Gasteiger charge is 2.08. The molecule has 0 fully saturated rings. The first kappa shape index (κ1) is 12.9. The molecule has 0 unspecified atom stereocenters. The van der Waals surface area contributed by atoms with E-state index >= 15 is 0 Å². The van der Waals surface area contributed by atoms with Crippen LogP contribution in [0.2, 0.25) is 0 Å². The molecule has 0 radical (unpaired) electrons. The zero-order valence-corrected chi connectivity index (χ0v) is 11.4. The molecule has 0 aliphatic heterocycles. The first-order valence-corrected chi connectivity index (χ1v) is 7.06. The van der Waals surface area contributed by atoms with Gasteiger partial charge in [-0.3, -0.25) is 0 Å². The summed E-state index contributed by atoms with van der Waals surface area (Å²) in [5, 5.41) is 3.43. The van der Waals surface area contributed by atoms with Gasteiger partial charge in [0.2, 0.25) is 5.95 Å². The maximum absolute atomic E-state index is 4.68. The van der Waals surface area contributed by atoms with Crippen molar-refractivity contribution in [1.82, 2.24) is 9.55 Å². The normalized spacial score (nSPS) is 11.0. The molecule has 0 spiro atoms. The Hall–Kier alpha value is -1.51. The minimum atomic E-state index is 0.983. The lowest BCUT2D eigenvalue weighted by Gasteiger charge is -2.09. The number of aryl methyl sites for hydroxylation is 1. The van der Waals surface area contributed by atoms with Crippen LogP contribution in [0.3, 0.4) is 0 Å². The van der Waals surface area contributed by atoms with E-state index in [1.54, 1.807) is 0 Å². The maximum atomic E-state index is 4.68. The van der Waals surface area contributed by atoms with E-state index < -0.39 is 0 Å². The van der Waals surface area contributed by atoms with Gasteiger partial charge in [-0.1, -0.05) is 38.8 Å². The van der Waals surface area contributed by atoms with Crippen LogP contribution in [0, 0.1) is 0 Å². The minimum Gasteiger partial charge on any atom is -0.356 e. The van der Waals surface area contributed by atoms with Crippen molar-refractivity contribution in [3.05, 3.63) is 24.3 Å². The number of rotatable bonds is 7. The highest BCUT2D eigenvalue weighted by atomic mass is 15.2. The molecule has 18 heavy (non-hydrogen) atoms. The highest BCUT2D eigenvalue weighted by molar-refractivity contribution is 5.78. The van der Waals surface area contributed by atoms with Gasteiger partial charge in [-0.2, -0.15) is 0 Å². The average molecular weight is 245 g/mol. The van der Waals surface area contributed by atoms with Gasteiger partial charge in [-0.05, 0) is 25.0 Å². The Kier molecular flexibility index (Phi) is 4.62. The number of fused-ring (bicyclic) bond motifs is 1.